The first kappa shape index (κ1) is 29.8. The van der Waals surface area contributed by atoms with Gasteiger partial charge in [-0.15, -0.1) is 13.2 Å². The number of halogens is 6. The van der Waals surface area contributed by atoms with Crippen LogP contribution in [0.1, 0.15) is 48.8 Å². The summed E-state index contributed by atoms with van der Waals surface area (Å²) in [4.78, 5) is 6.14. The van der Waals surface area contributed by atoms with Crippen molar-refractivity contribution in [3.63, 3.8) is 0 Å². The van der Waals surface area contributed by atoms with Crippen LogP contribution in [0.3, 0.4) is 0 Å². The third kappa shape index (κ3) is 7.21. The zero-order chi connectivity index (χ0) is 29.7. The van der Waals surface area contributed by atoms with Gasteiger partial charge in [0.25, 0.3) is 0 Å². The molecule has 1 fully saturated rings. The van der Waals surface area contributed by atoms with E-state index in [1.54, 1.807) is 12.1 Å². The molecule has 224 valence electrons. The molecule has 2 aromatic carbocycles. The van der Waals surface area contributed by atoms with E-state index in [-0.39, 0.29) is 24.1 Å². The lowest BCUT2D eigenvalue weighted by Gasteiger charge is -2.18. The summed E-state index contributed by atoms with van der Waals surface area (Å²) < 4.78 is 89.4. The molecule has 0 unspecified atom stereocenters. The maximum absolute atomic E-state index is 15.4. The summed E-state index contributed by atoms with van der Waals surface area (Å²) >= 11 is 0. The van der Waals surface area contributed by atoms with E-state index in [2.05, 4.69) is 14.6 Å². The summed E-state index contributed by atoms with van der Waals surface area (Å²) in [5, 5.41) is 0. The van der Waals surface area contributed by atoms with E-state index >= 15 is 4.39 Å². The molecule has 4 nitrogen and oxygen atoms in total. The number of aryl methyl sites for hydroxylation is 1. The van der Waals surface area contributed by atoms with Gasteiger partial charge >= 0.3 is 6.36 Å². The number of hydrogen-bond acceptors (Lipinski definition) is 4. The Bertz CT molecular complexity index is 1410. The molecule has 10 heteroatoms. The molecule has 1 saturated heterocycles. The number of nitrogens with zero attached hydrogens (tertiary/aromatic N) is 1. The Balaban J connectivity index is 1.52. The second-order valence-corrected chi connectivity index (χ2v) is 10.5. The highest BCUT2D eigenvalue weighted by Crippen LogP contribution is 2.43. The molecule has 42 heavy (non-hydrogen) atoms. The predicted octanol–water partition coefficient (Wildman–Crippen LogP) is 8.46. The highest BCUT2D eigenvalue weighted by molar-refractivity contribution is 6.01. The minimum Gasteiger partial charge on any atom is -0.493 e. The van der Waals surface area contributed by atoms with E-state index in [1.807, 2.05) is 24.3 Å². The first-order valence-electron chi connectivity index (χ1n) is 14.0. The first-order valence-corrected chi connectivity index (χ1v) is 14.0. The van der Waals surface area contributed by atoms with Crippen molar-refractivity contribution in [2.75, 3.05) is 26.3 Å². The quantitative estimate of drug-likeness (QED) is 0.274. The Morgan fingerprint density at radius 3 is 2.55 bits per heavy atom. The van der Waals surface area contributed by atoms with Crippen LogP contribution in [0.2, 0.25) is 0 Å². The molecule has 0 aromatic heterocycles. The molecule has 5 rings (SSSR count). The minimum atomic E-state index is -4.94. The fourth-order valence-corrected chi connectivity index (χ4v) is 5.81. The van der Waals surface area contributed by atoms with Gasteiger partial charge in [0.05, 0.1) is 6.67 Å². The molecule has 0 saturated carbocycles. The molecular weight excluding hydrogens is 560 g/mol. The minimum absolute atomic E-state index is 0.00163. The van der Waals surface area contributed by atoms with Crippen molar-refractivity contribution < 1.29 is 40.9 Å². The molecule has 1 aliphatic heterocycles. The molecule has 0 bridgehead atoms. The molecule has 0 spiro atoms. The van der Waals surface area contributed by atoms with Crippen LogP contribution >= 0.6 is 0 Å². The molecule has 1 atom stereocenters. The Morgan fingerprint density at radius 2 is 1.79 bits per heavy atom. The maximum atomic E-state index is 15.4. The van der Waals surface area contributed by atoms with Crippen molar-refractivity contribution in [3.8, 4) is 11.5 Å². The van der Waals surface area contributed by atoms with Gasteiger partial charge in [0.2, 0.25) is 0 Å². The molecule has 2 aromatic rings. The SMILES string of the molecule is FCCCN1CC[C@H](OC2=CC=C(C3=C(c4ccc(OC(F)(F)F)cc4F)CCCc4cc(OF)ccc43)C=CC2)C1. The maximum Gasteiger partial charge on any atom is 0.573 e. The third-order valence-corrected chi connectivity index (χ3v) is 7.62. The largest absolute Gasteiger partial charge is 0.573 e. The Labute approximate surface area is 240 Å². The molecular formula is C32H31F6NO3. The second-order valence-electron chi connectivity index (χ2n) is 10.5. The number of ether oxygens (including phenoxy) is 2. The van der Waals surface area contributed by atoms with Crippen molar-refractivity contribution >= 4 is 11.1 Å². The predicted molar refractivity (Wildman–Crippen MR) is 147 cm³/mol. The van der Waals surface area contributed by atoms with Crippen LogP contribution in [0, 0.1) is 5.82 Å². The Kier molecular flexibility index (Phi) is 9.30. The van der Waals surface area contributed by atoms with Crippen molar-refractivity contribution in [2.24, 2.45) is 0 Å². The molecule has 1 heterocycles. The van der Waals surface area contributed by atoms with Gasteiger partial charge < -0.3 is 9.47 Å². The van der Waals surface area contributed by atoms with Crippen molar-refractivity contribution in [1.29, 1.82) is 0 Å². The summed E-state index contributed by atoms with van der Waals surface area (Å²) in [5.41, 5.74) is 3.80. The van der Waals surface area contributed by atoms with E-state index in [0.29, 0.717) is 49.8 Å². The number of alkyl halides is 4. The number of benzene rings is 2. The molecule has 3 aliphatic rings. The average molecular weight is 592 g/mol. The van der Waals surface area contributed by atoms with Crippen LogP contribution < -0.4 is 9.68 Å². The van der Waals surface area contributed by atoms with Gasteiger partial charge in [-0.3, -0.25) is 14.2 Å². The first-order chi connectivity index (χ1) is 20.2. The fourth-order valence-electron chi connectivity index (χ4n) is 5.81. The van der Waals surface area contributed by atoms with Gasteiger partial charge in [-0.25, -0.2) is 4.39 Å². The topological polar surface area (TPSA) is 30.9 Å². The van der Waals surface area contributed by atoms with E-state index in [9.17, 15) is 22.1 Å². The van der Waals surface area contributed by atoms with Gasteiger partial charge in [0, 0.05) is 42.2 Å². The lowest BCUT2D eigenvalue weighted by Crippen LogP contribution is -2.24. The van der Waals surface area contributed by atoms with E-state index < -0.39 is 17.9 Å². The van der Waals surface area contributed by atoms with Crippen LogP contribution in [0.25, 0.3) is 11.1 Å². The lowest BCUT2D eigenvalue weighted by molar-refractivity contribution is -0.274. The van der Waals surface area contributed by atoms with Crippen LogP contribution in [-0.2, 0) is 11.2 Å². The van der Waals surface area contributed by atoms with Crippen molar-refractivity contribution in [3.05, 3.63) is 94.5 Å². The van der Waals surface area contributed by atoms with Gasteiger partial charge in [-0.1, -0.05) is 24.3 Å². The van der Waals surface area contributed by atoms with Crippen molar-refractivity contribution in [2.45, 2.75) is 51.0 Å². The Morgan fingerprint density at radius 1 is 0.976 bits per heavy atom. The molecule has 0 amide bonds. The molecule has 0 radical (unpaired) electrons. The van der Waals surface area contributed by atoms with Crippen LogP contribution in [0.15, 0.2) is 72.0 Å². The van der Waals surface area contributed by atoms with Gasteiger partial charge in [0.1, 0.15) is 23.4 Å². The van der Waals surface area contributed by atoms with Crippen LogP contribution in [-0.4, -0.2) is 43.7 Å². The summed E-state index contributed by atoms with van der Waals surface area (Å²) in [6, 6.07) is 7.95. The Hall–Kier alpha value is -3.66. The van der Waals surface area contributed by atoms with Gasteiger partial charge in [-0.2, -0.15) is 0 Å². The smallest absolute Gasteiger partial charge is 0.493 e. The monoisotopic (exact) mass is 591 g/mol. The summed E-state index contributed by atoms with van der Waals surface area (Å²) in [6.45, 7) is 1.94. The number of hydrogen-bond donors (Lipinski definition) is 0. The number of allylic oxidation sites excluding steroid dienone is 7. The van der Waals surface area contributed by atoms with E-state index in [4.69, 9.17) is 4.74 Å². The highest BCUT2D eigenvalue weighted by Gasteiger charge is 2.32. The average Bonchev–Trinajstić information content (AvgIpc) is 3.15. The number of likely N-dealkylation sites (tertiary alicyclic amines) is 1. The van der Waals surface area contributed by atoms with Crippen molar-refractivity contribution in [1.82, 2.24) is 4.90 Å². The summed E-state index contributed by atoms with van der Waals surface area (Å²) in [5.74, 6) is -0.670. The fraction of sp³-hybridized carbons (Fsp3) is 0.375. The lowest BCUT2D eigenvalue weighted by atomic mass is 9.87. The normalized spacial score (nSPS) is 19.5. The van der Waals surface area contributed by atoms with Gasteiger partial charge in [0.15, 0.2) is 5.75 Å². The van der Waals surface area contributed by atoms with E-state index in [0.717, 1.165) is 54.1 Å². The molecule has 0 N–H and O–H groups in total. The molecule has 2 aliphatic carbocycles. The van der Waals surface area contributed by atoms with Gasteiger partial charge in [-0.05, 0) is 90.3 Å². The summed E-state index contributed by atoms with van der Waals surface area (Å²) in [6.07, 6.45) is 6.17. The number of rotatable bonds is 9. The third-order valence-electron chi connectivity index (χ3n) is 7.62. The van der Waals surface area contributed by atoms with Crippen LogP contribution in [0.4, 0.5) is 26.5 Å². The zero-order valence-electron chi connectivity index (χ0n) is 22.9. The zero-order valence-corrected chi connectivity index (χ0v) is 22.9. The standard InChI is InChI=1S/C32H31F6NO3/c33-15-3-16-39-17-14-26(20-39)40-23-6-1-4-21(8-9-23)31-27-12-11-25(42-38)18-22(27)5-2-7-29(31)28-13-10-24(19-30(28)34)41-32(35,36)37/h1,4,8-13,18-19,26H,2-3,5-7,14-17,20H2/t26-/m0/s1. The van der Waals surface area contributed by atoms with E-state index in [1.165, 1.54) is 12.1 Å². The highest BCUT2D eigenvalue weighted by atomic mass is 19.4. The summed E-state index contributed by atoms with van der Waals surface area (Å²) in [7, 11) is 0. The second kappa shape index (κ2) is 13.1. The number of fused-ring (bicyclic) bond motifs is 1. The van der Waals surface area contributed by atoms with Crippen LogP contribution in [0.5, 0.6) is 11.5 Å².